The molecule has 0 bridgehead atoms. The second kappa shape index (κ2) is 4.65. The van der Waals surface area contributed by atoms with E-state index < -0.39 is 0 Å². The Morgan fingerprint density at radius 2 is 2.19 bits per heavy atom. The Morgan fingerprint density at radius 1 is 1.38 bits per heavy atom. The Morgan fingerprint density at radius 3 is 2.88 bits per heavy atom. The summed E-state index contributed by atoms with van der Waals surface area (Å²) in [4.78, 5) is 24.2. The van der Waals surface area contributed by atoms with Crippen LogP contribution in [-0.4, -0.2) is 18.5 Å². The van der Waals surface area contributed by atoms with E-state index in [-0.39, 0.29) is 11.9 Å². The van der Waals surface area contributed by atoms with Crippen LogP contribution in [0.1, 0.15) is 12.0 Å². The molecule has 0 unspecified atom stereocenters. The fraction of sp³-hybridized carbons (Fsp3) is 0.273. The third-order valence-electron chi connectivity index (χ3n) is 2.43. The highest BCUT2D eigenvalue weighted by Crippen LogP contribution is 2.19. The van der Waals surface area contributed by atoms with E-state index in [4.69, 9.17) is 0 Å². The van der Waals surface area contributed by atoms with Gasteiger partial charge in [0.2, 0.25) is 5.91 Å². The third kappa shape index (κ3) is 2.24. The van der Waals surface area contributed by atoms with E-state index in [2.05, 4.69) is 21.2 Å². The first-order chi connectivity index (χ1) is 7.70. The number of hydrogen-bond acceptors (Lipinski definition) is 2. The zero-order valence-electron chi connectivity index (χ0n) is 8.57. The number of rotatable bonds is 2. The van der Waals surface area contributed by atoms with Gasteiger partial charge >= 0.3 is 6.03 Å². The maximum Gasteiger partial charge on any atom is 0.328 e. The molecular weight excluding hydrogens is 272 g/mol. The van der Waals surface area contributed by atoms with Crippen LogP contribution in [0.4, 0.5) is 10.5 Å². The number of carbonyl (C=O) groups is 2. The van der Waals surface area contributed by atoms with Crippen molar-refractivity contribution in [2.24, 2.45) is 0 Å². The van der Waals surface area contributed by atoms with Crippen molar-refractivity contribution >= 4 is 33.6 Å². The molecule has 84 valence electrons. The summed E-state index contributed by atoms with van der Waals surface area (Å²) >= 11 is 3.37. The molecule has 16 heavy (non-hydrogen) atoms. The molecule has 1 aromatic rings. The highest BCUT2D eigenvalue weighted by atomic mass is 79.9. The Hall–Kier alpha value is -1.36. The molecule has 0 atom stereocenters. The van der Waals surface area contributed by atoms with Crippen LogP contribution >= 0.6 is 15.9 Å². The van der Waals surface area contributed by atoms with Gasteiger partial charge < -0.3 is 0 Å². The topological polar surface area (TPSA) is 49.4 Å². The van der Waals surface area contributed by atoms with Gasteiger partial charge in [-0.05, 0) is 17.7 Å². The molecule has 1 aromatic carbocycles. The normalized spacial score (nSPS) is 16.2. The number of nitrogens with zero attached hydrogens (tertiary/aromatic N) is 1. The highest BCUT2D eigenvalue weighted by Gasteiger charge is 2.23. The van der Waals surface area contributed by atoms with Crippen molar-refractivity contribution < 1.29 is 9.59 Å². The fourth-order valence-electron chi connectivity index (χ4n) is 1.62. The summed E-state index contributed by atoms with van der Waals surface area (Å²) in [6, 6.07) is 7.33. The SMILES string of the molecule is O=C1CCN(c2cccc(CBr)c2)C(=O)N1. The standard InChI is InChI=1S/C11H11BrN2O2/c12-7-8-2-1-3-9(6-8)14-5-4-10(15)13-11(14)16/h1-3,6H,4-5,7H2,(H,13,15,16). The van der Waals surface area contributed by atoms with E-state index in [1.165, 1.54) is 0 Å². The van der Waals surface area contributed by atoms with Crippen molar-refractivity contribution in [3.63, 3.8) is 0 Å². The first kappa shape index (κ1) is 11.1. The highest BCUT2D eigenvalue weighted by molar-refractivity contribution is 9.08. The quantitative estimate of drug-likeness (QED) is 0.844. The van der Waals surface area contributed by atoms with Gasteiger partial charge in [-0.1, -0.05) is 28.1 Å². The van der Waals surface area contributed by atoms with Crippen molar-refractivity contribution in [3.05, 3.63) is 29.8 Å². The number of urea groups is 1. The molecule has 0 radical (unpaired) electrons. The van der Waals surface area contributed by atoms with Crippen LogP contribution in [0.25, 0.3) is 0 Å². The summed E-state index contributed by atoms with van der Waals surface area (Å²) in [5.41, 5.74) is 1.92. The second-order valence-corrected chi connectivity index (χ2v) is 4.12. The van der Waals surface area contributed by atoms with Gasteiger partial charge in [0, 0.05) is 24.0 Å². The first-order valence-electron chi connectivity index (χ1n) is 4.97. The largest absolute Gasteiger partial charge is 0.328 e. The van der Waals surface area contributed by atoms with Crippen molar-refractivity contribution in [2.75, 3.05) is 11.4 Å². The molecule has 1 N–H and O–H groups in total. The predicted octanol–water partition coefficient (Wildman–Crippen LogP) is 2.03. The molecule has 2 rings (SSSR count). The molecule has 1 aliphatic heterocycles. The van der Waals surface area contributed by atoms with Gasteiger partial charge in [-0.25, -0.2) is 4.79 Å². The van der Waals surface area contributed by atoms with Crippen LogP contribution < -0.4 is 10.2 Å². The molecule has 1 fully saturated rings. The Balaban J connectivity index is 2.23. The van der Waals surface area contributed by atoms with Crippen LogP contribution in [0.5, 0.6) is 0 Å². The minimum Gasteiger partial charge on any atom is -0.294 e. The molecule has 4 nitrogen and oxygen atoms in total. The predicted molar refractivity (Wildman–Crippen MR) is 64.6 cm³/mol. The van der Waals surface area contributed by atoms with Gasteiger partial charge in [0.25, 0.3) is 0 Å². The smallest absolute Gasteiger partial charge is 0.294 e. The molecule has 0 saturated carbocycles. The maximum atomic E-state index is 11.6. The zero-order chi connectivity index (χ0) is 11.5. The summed E-state index contributed by atoms with van der Waals surface area (Å²) in [5.74, 6) is -0.210. The summed E-state index contributed by atoms with van der Waals surface area (Å²) in [7, 11) is 0. The van der Waals surface area contributed by atoms with E-state index in [1.807, 2.05) is 24.3 Å². The van der Waals surface area contributed by atoms with Crippen molar-refractivity contribution in [3.8, 4) is 0 Å². The zero-order valence-corrected chi connectivity index (χ0v) is 10.2. The van der Waals surface area contributed by atoms with Crippen LogP contribution in [0.3, 0.4) is 0 Å². The third-order valence-corrected chi connectivity index (χ3v) is 3.08. The van der Waals surface area contributed by atoms with Gasteiger partial charge in [0.1, 0.15) is 0 Å². The minimum atomic E-state index is -0.344. The monoisotopic (exact) mass is 282 g/mol. The van der Waals surface area contributed by atoms with Gasteiger partial charge in [0.05, 0.1) is 0 Å². The number of nitrogens with one attached hydrogen (secondary N) is 1. The second-order valence-electron chi connectivity index (χ2n) is 3.56. The number of amides is 3. The summed E-state index contributed by atoms with van der Waals surface area (Å²) in [6.07, 6.45) is 0.351. The number of benzene rings is 1. The molecule has 1 saturated heterocycles. The number of hydrogen-bond donors (Lipinski definition) is 1. The van der Waals surface area contributed by atoms with E-state index in [1.54, 1.807) is 4.90 Å². The first-order valence-corrected chi connectivity index (χ1v) is 6.09. The molecule has 0 spiro atoms. The minimum absolute atomic E-state index is 0.210. The number of alkyl halides is 1. The number of anilines is 1. The Labute approximate surface area is 102 Å². The van der Waals surface area contributed by atoms with E-state index in [0.29, 0.717) is 13.0 Å². The van der Waals surface area contributed by atoms with Crippen molar-refractivity contribution in [2.45, 2.75) is 11.8 Å². The van der Waals surface area contributed by atoms with Crippen molar-refractivity contribution in [1.82, 2.24) is 5.32 Å². The molecular formula is C11H11BrN2O2. The molecule has 1 heterocycles. The van der Waals surface area contributed by atoms with Gasteiger partial charge in [-0.15, -0.1) is 0 Å². The molecule has 5 heteroatoms. The van der Waals surface area contributed by atoms with E-state index >= 15 is 0 Å². The number of halogens is 1. The lowest BCUT2D eigenvalue weighted by Crippen LogP contribution is -2.49. The van der Waals surface area contributed by atoms with Crippen LogP contribution in [0.2, 0.25) is 0 Å². The van der Waals surface area contributed by atoms with E-state index in [0.717, 1.165) is 16.6 Å². The Kier molecular flexibility index (Phi) is 3.24. The Bertz CT molecular complexity index is 434. The van der Waals surface area contributed by atoms with Gasteiger partial charge in [-0.3, -0.25) is 15.0 Å². The molecule has 0 aromatic heterocycles. The number of imide groups is 1. The van der Waals surface area contributed by atoms with Crippen LogP contribution in [0.15, 0.2) is 24.3 Å². The maximum absolute atomic E-state index is 11.6. The molecule has 0 aliphatic carbocycles. The van der Waals surface area contributed by atoms with Crippen LogP contribution in [0, 0.1) is 0 Å². The van der Waals surface area contributed by atoms with E-state index in [9.17, 15) is 9.59 Å². The fourth-order valence-corrected chi connectivity index (χ4v) is 1.97. The molecule has 3 amide bonds. The van der Waals surface area contributed by atoms with Gasteiger partial charge in [-0.2, -0.15) is 0 Å². The summed E-state index contributed by atoms with van der Waals surface area (Å²) in [5, 5.41) is 3.05. The van der Waals surface area contributed by atoms with Gasteiger partial charge in [0.15, 0.2) is 0 Å². The summed E-state index contributed by atoms with van der Waals surface area (Å²) < 4.78 is 0. The number of carbonyl (C=O) groups excluding carboxylic acids is 2. The summed E-state index contributed by atoms with van der Waals surface area (Å²) in [6.45, 7) is 0.441. The lowest BCUT2D eigenvalue weighted by atomic mass is 10.2. The average Bonchev–Trinajstić information content (AvgIpc) is 2.29. The van der Waals surface area contributed by atoms with Crippen LogP contribution in [-0.2, 0) is 10.1 Å². The van der Waals surface area contributed by atoms with Crippen molar-refractivity contribution in [1.29, 1.82) is 0 Å². The molecule has 1 aliphatic rings. The average molecular weight is 283 g/mol. The lowest BCUT2D eigenvalue weighted by Gasteiger charge is -2.26. The lowest BCUT2D eigenvalue weighted by molar-refractivity contribution is -0.120.